The number of rotatable bonds is 14. The minimum atomic E-state index is -4.55. The van der Waals surface area contributed by atoms with Gasteiger partial charge in [-0.1, -0.05) is 30.3 Å². The lowest BCUT2D eigenvalue weighted by molar-refractivity contribution is -0.0994. The van der Waals surface area contributed by atoms with Gasteiger partial charge in [-0.05, 0) is 74.1 Å². The van der Waals surface area contributed by atoms with Gasteiger partial charge < -0.3 is 18.8 Å². The highest BCUT2D eigenvalue weighted by Crippen LogP contribution is 2.27. The number of hydrogen-bond donors (Lipinski definition) is 2. The summed E-state index contributed by atoms with van der Waals surface area (Å²) in [7, 11) is -4.55. The molecular weight excluding hydrogens is 470 g/mol. The van der Waals surface area contributed by atoms with E-state index in [4.69, 9.17) is 14.0 Å². The Morgan fingerprint density at radius 1 is 0.943 bits per heavy atom. The second-order valence-corrected chi connectivity index (χ2v) is 8.98. The molecule has 2 aromatic carbocycles. The molecule has 0 saturated heterocycles. The molecule has 8 nitrogen and oxygen atoms in total. The van der Waals surface area contributed by atoms with Crippen LogP contribution >= 0.6 is 0 Å². The molecule has 1 unspecified atom stereocenters. The van der Waals surface area contributed by atoms with Crippen molar-refractivity contribution >= 4 is 10.4 Å². The van der Waals surface area contributed by atoms with E-state index in [-0.39, 0.29) is 5.75 Å². The summed E-state index contributed by atoms with van der Waals surface area (Å²) in [6.45, 7) is 2.99. The number of aliphatic hydroxyl groups is 1. The quantitative estimate of drug-likeness (QED) is 0.184. The summed E-state index contributed by atoms with van der Waals surface area (Å²) < 4.78 is 45.9. The van der Waals surface area contributed by atoms with E-state index >= 15 is 0 Å². The van der Waals surface area contributed by atoms with E-state index in [0.29, 0.717) is 26.1 Å². The minimum Gasteiger partial charge on any atom is -0.494 e. The molecule has 35 heavy (non-hydrogen) atoms. The molecule has 2 N–H and O–H groups in total. The lowest BCUT2D eigenvalue weighted by atomic mass is 9.99. The number of aromatic nitrogens is 1. The van der Waals surface area contributed by atoms with E-state index in [0.717, 1.165) is 47.4 Å². The highest BCUT2D eigenvalue weighted by Gasteiger charge is 2.10. The van der Waals surface area contributed by atoms with Gasteiger partial charge >= 0.3 is 10.4 Å². The second-order valence-electron chi connectivity index (χ2n) is 7.96. The molecule has 3 aromatic rings. The highest BCUT2D eigenvalue weighted by atomic mass is 32.3. The van der Waals surface area contributed by atoms with Crippen molar-refractivity contribution in [2.24, 2.45) is 0 Å². The summed E-state index contributed by atoms with van der Waals surface area (Å²) in [5.41, 5.74) is 3.79. The van der Waals surface area contributed by atoms with Crippen LogP contribution in [0.1, 0.15) is 43.9 Å². The molecule has 0 aliphatic rings. The molecule has 0 spiro atoms. The van der Waals surface area contributed by atoms with Gasteiger partial charge in [0, 0.05) is 24.8 Å². The van der Waals surface area contributed by atoms with Crippen LogP contribution in [0.2, 0.25) is 0 Å². The fourth-order valence-electron chi connectivity index (χ4n) is 3.61. The van der Waals surface area contributed by atoms with Crippen LogP contribution in [-0.4, -0.2) is 42.6 Å². The summed E-state index contributed by atoms with van der Waals surface area (Å²) in [5.74, 6) is 0.833. The maximum absolute atomic E-state index is 10.8. The van der Waals surface area contributed by atoms with Crippen LogP contribution in [0.15, 0.2) is 66.9 Å². The monoisotopic (exact) mass is 501 g/mol. The van der Waals surface area contributed by atoms with Crippen molar-refractivity contribution in [2.45, 2.75) is 45.3 Å². The van der Waals surface area contributed by atoms with Gasteiger partial charge in [0.05, 0.1) is 12.3 Å². The number of aliphatic hydroxyl groups excluding tert-OH is 1. The van der Waals surface area contributed by atoms with Crippen molar-refractivity contribution in [3.05, 3.63) is 78.1 Å². The molecular formula is C26H31NO7S. The Balaban J connectivity index is 1.54. The predicted octanol–water partition coefficient (Wildman–Crippen LogP) is 4.82. The summed E-state index contributed by atoms with van der Waals surface area (Å²) in [5, 5.41) is 9.56. The van der Waals surface area contributed by atoms with E-state index in [9.17, 15) is 13.5 Å². The molecule has 0 amide bonds. The number of ether oxygens (including phenoxy) is 2. The third-order valence-electron chi connectivity index (χ3n) is 5.28. The van der Waals surface area contributed by atoms with E-state index in [2.05, 4.69) is 9.17 Å². The molecule has 0 bridgehead atoms. The van der Waals surface area contributed by atoms with Crippen molar-refractivity contribution in [1.29, 1.82) is 0 Å². The standard InChI is InChI=1S/C26H31NO7S/c1-2-32-26(28)8-4-3-5-18-33-22-15-11-21(12-16-22)24-7-6-17-27-25(24)19-20-9-13-23(14-10-20)34-35(29,30)31/h6-7,9-17,26,28H,2-5,8,18-19H2,1H3,(H,29,30,31). The third kappa shape index (κ3) is 9.29. The van der Waals surface area contributed by atoms with Crippen molar-refractivity contribution in [2.75, 3.05) is 13.2 Å². The average molecular weight is 502 g/mol. The van der Waals surface area contributed by atoms with E-state index in [1.807, 2.05) is 43.3 Å². The van der Waals surface area contributed by atoms with Gasteiger partial charge in [-0.15, -0.1) is 0 Å². The molecule has 1 aromatic heterocycles. The molecule has 3 rings (SSSR count). The molecule has 1 atom stereocenters. The van der Waals surface area contributed by atoms with Crippen LogP contribution in [0.25, 0.3) is 11.1 Å². The number of nitrogens with zero attached hydrogens (tertiary/aromatic N) is 1. The molecule has 9 heteroatoms. The van der Waals surface area contributed by atoms with Crippen LogP contribution in [-0.2, 0) is 21.6 Å². The van der Waals surface area contributed by atoms with Crippen LogP contribution < -0.4 is 8.92 Å². The minimum absolute atomic E-state index is 0.0381. The first-order valence-electron chi connectivity index (χ1n) is 11.6. The van der Waals surface area contributed by atoms with Gasteiger partial charge in [0.25, 0.3) is 0 Å². The number of benzene rings is 2. The molecule has 0 saturated carbocycles. The Bertz CT molecular complexity index is 1150. The first kappa shape index (κ1) is 26.6. The van der Waals surface area contributed by atoms with Crippen molar-refractivity contribution in [3.63, 3.8) is 0 Å². The lowest BCUT2D eigenvalue weighted by Gasteiger charge is -2.11. The lowest BCUT2D eigenvalue weighted by Crippen LogP contribution is -2.11. The molecule has 0 aliphatic carbocycles. The Hall–Kier alpha value is -2.98. The number of unbranched alkanes of at least 4 members (excludes halogenated alkanes) is 2. The molecule has 0 fully saturated rings. The summed E-state index contributed by atoms with van der Waals surface area (Å²) in [6.07, 6.45) is 5.00. The van der Waals surface area contributed by atoms with Gasteiger partial charge in [0.2, 0.25) is 0 Å². The fourth-order valence-corrected chi connectivity index (χ4v) is 3.97. The Kier molecular flexibility index (Phi) is 10.0. The van der Waals surface area contributed by atoms with Crippen molar-refractivity contribution in [1.82, 2.24) is 4.98 Å². The second kappa shape index (κ2) is 13.2. The van der Waals surface area contributed by atoms with Gasteiger partial charge in [0.1, 0.15) is 11.5 Å². The van der Waals surface area contributed by atoms with Gasteiger partial charge in [0.15, 0.2) is 6.29 Å². The summed E-state index contributed by atoms with van der Waals surface area (Å²) in [6, 6.07) is 18.2. The zero-order valence-electron chi connectivity index (χ0n) is 19.7. The highest BCUT2D eigenvalue weighted by molar-refractivity contribution is 7.81. The molecule has 188 valence electrons. The zero-order chi connectivity index (χ0) is 25.1. The molecule has 1 heterocycles. The Morgan fingerprint density at radius 2 is 1.66 bits per heavy atom. The van der Waals surface area contributed by atoms with Crippen LogP contribution in [0.3, 0.4) is 0 Å². The number of hydrogen-bond acceptors (Lipinski definition) is 7. The zero-order valence-corrected chi connectivity index (χ0v) is 20.5. The maximum atomic E-state index is 10.8. The first-order valence-corrected chi connectivity index (χ1v) is 12.9. The maximum Gasteiger partial charge on any atom is 0.446 e. The van der Waals surface area contributed by atoms with Crippen molar-refractivity contribution in [3.8, 4) is 22.6 Å². The van der Waals surface area contributed by atoms with E-state index in [1.54, 1.807) is 18.3 Å². The fraction of sp³-hybridized carbons (Fsp3) is 0.346. The summed E-state index contributed by atoms with van der Waals surface area (Å²) in [4.78, 5) is 4.53. The molecule has 0 aliphatic heterocycles. The third-order valence-corrected chi connectivity index (χ3v) is 5.68. The number of pyridine rings is 1. The summed E-state index contributed by atoms with van der Waals surface area (Å²) >= 11 is 0. The van der Waals surface area contributed by atoms with Gasteiger partial charge in [-0.2, -0.15) is 8.42 Å². The smallest absolute Gasteiger partial charge is 0.446 e. The van der Waals surface area contributed by atoms with Crippen LogP contribution in [0, 0.1) is 0 Å². The van der Waals surface area contributed by atoms with E-state index in [1.165, 1.54) is 12.1 Å². The molecule has 0 radical (unpaired) electrons. The van der Waals surface area contributed by atoms with Crippen LogP contribution in [0.4, 0.5) is 0 Å². The predicted molar refractivity (Wildman–Crippen MR) is 133 cm³/mol. The van der Waals surface area contributed by atoms with Gasteiger partial charge in [-0.3, -0.25) is 9.54 Å². The van der Waals surface area contributed by atoms with Gasteiger partial charge in [-0.25, -0.2) is 0 Å². The van der Waals surface area contributed by atoms with Crippen molar-refractivity contribution < 1.29 is 31.7 Å². The normalized spacial score (nSPS) is 12.3. The first-order chi connectivity index (χ1) is 16.8. The average Bonchev–Trinajstić information content (AvgIpc) is 2.83. The topological polar surface area (TPSA) is 115 Å². The van der Waals surface area contributed by atoms with E-state index < -0.39 is 16.7 Å². The van der Waals surface area contributed by atoms with Crippen LogP contribution in [0.5, 0.6) is 11.5 Å². The Morgan fingerprint density at radius 3 is 2.34 bits per heavy atom. The Labute approximate surface area is 206 Å². The largest absolute Gasteiger partial charge is 0.494 e. The SMILES string of the molecule is CCOC(O)CCCCCOc1ccc(-c2cccnc2Cc2ccc(OS(=O)(=O)O)cc2)cc1.